The normalized spacial score (nSPS) is 13.0. The van der Waals surface area contributed by atoms with Gasteiger partial charge in [0.15, 0.2) is 0 Å². The summed E-state index contributed by atoms with van der Waals surface area (Å²) < 4.78 is 42.8. The molecule has 0 aliphatic heterocycles. The lowest BCUT2D eigenvalue weighted by Crippen LogP contribution is -2.16. The van der Waals surface area contributed by atoms with Crippen LogP contribution in [0, 0.1) is 6.92 Å². The number of alkyl halides is 3. The molecule has 0 aliphatic rings. The zero-order chi connectivity index (χ0) is 15.6. The van der Waals surface area contributed by atoms with Crippen LogP contribution in [0.1, 0.15) is 28.4 Å². The van der Waals surface area contributed by atoms with Crippen molar-refractivity contribution in [1.29, 1.82) is 0 Å². The zero-order valence-corrected chi connectivity index (χ0v) is 11.5. The summed E-state index contributed by atoms with van der Waals surface area (Å²) in [5.41, 5.74) is 6.83. The molecule has 0 amide bonds. The molecule has 0 spiro atoms. The van der Waals surface area contributed by atoms with Gasteiger partial charge in [-0.15, -0.1) is 10.2 Å². The maximum atomic E-state index is 12.6. The summed E-state index contributed by atoms with van der Waals surface area (Å²) in [4.78, 5) is 0. The molecule has 1 aromatic carbocycles. The molecule has 1 heterocycles. The first-order valence-corrected chi connectivity index (χ1v) is 6.14. The first kappa shape index (κ1) is 15.2. The van der Waals surface area contributed by atoms with Crippen molar-refractivity contribution < 1.29 is 17.9 Å². The number of benzene rings is 1. The Bertz CT molecular complexity index is 626. The third kappa shape index (κ3) is 3.30. The second kappa shape index (κ2) is 5.69. The number of hydrogen-bond donors (Lipinski definition) is 1. The van der Waals surface area contributed by atoms with E-state index in [1.54, 1.807) is 19.1 Å². The van der Waals surface area contributed by atoms with Gasteiger partial charge in [-0.1, -0.05) is 6.07 Å². The van der Waals surface area contributed by atoms with Crippen LogP contribution in [0.2, 0.25) is 0 Å². The smallest absolute Gasteiger partial charge is 0.416 e. The minimum absolute atomic E-state index is 0.343. The van der Waals surface area contributed by atoms with Gasteiger partial charge >= 0.3 is 6.18 Å². The largest absolute Gasteiger partial charge is 0.480 e. The van der Waals surface area contributed by atoms with E-state index < -0.39 is 17.8 Å². The van der Waals surface area contributed by atoms with Crippen LogP contribution in [0.5, 0.6) is 5.88 Å². The van der Waals surface area contributed by atoms with Gasteiger partial charge in [-0.3, -0.25) is 0 Å². The Morgan fingerprint density at radius 3 is 2.33 bits per heavy atom. The number of halogens is 3. The predicted octanol–water partition coefficient (Wildman–Crippen LogP) is 2.86. The lowest BCUT2D eigenvalue weighted by molar-refractivity contribution is -0.137. The van der Waals surface area contributed by atoms with Crippen molar-refractivity contribution >= 4 is 0 Å². The second-order valence-electron chi connectivity index (χ2n) is 4.55. The van der Waals surface area contributed by atoms with Crippen LogP contribution < -0.4 is 10.5 Å². The molecule has 0 radical (unpaired) electrons. The molecule has 0 bridgehead atoms. The van der Waals surface area contributed by atoms with Gasteiger partial charge in [0.2, 0.25) is 5.88 Å². The Hall–Kier alpha value is -2.15. The van der Waals surface area contributed by atoms with Gasteiger partial charge in [0.05, 0.1) is 24.4 Å². The summed E-state index contributed by atoms with van der Waals surface area (Å²) in [5, 5.41) is 7.71. The van der Waals surface area contributed by atoms with Gasteiger partial charge in [-0.2, -0.15) is 13.2 Å². The topological polar surface area (TPSA) is 61.0 Å². The fourth-order valence-electron chi connectivity index (χ4n) is 1.97. The number of aromatic nitrogens is 2. The highest BCUT2D eigenvalue weighted by Crippen LogP contribution is 2.32. The van der Waals surface area contributed by atoms with Gasteiger partial charge < -0.3 is 10.5 Å². The molecular formula is C14H14F3N3O. The summed E-state index contributed by atoms with van der Waals surface area (Å²) in [7, 11) is 1.46. The van der Waals surface area contributed by atoms with Gasteiger partial charge in [0.1, 0.15) is 0 Å². The monoisotopic (exact) mass is 297 g/mol. The molecule has 4 nitrogen and oxygen atoms in total. The van der Waals surface area contributed by atoms with E-state index in [0.717, 1.165) is 12.1 Å². The molecule has 1 aromatic heterocycles. The maximum absolute atomic E-state index is 12.6. The summed E-state index contributed by atoms with van der Waals surface area (Å²) in [6.07, 6.45) is -4.37. The van der Waals surface area contributed by atoms with E-state index in [4.69, 9.17) is 10.5 Å². The van der Waals surface area contributed by atoms with Gasteiger partial charge in [-0.05, 0) is 36.2 Å². The van der Waals surface area contributed by atoms with E-state index in [1.807, 2.05) is 0 Å². The van der Waals surface area contributed by atoms with Gasteiger partial charge in [0, 0.05) is 6.07 Å². The highest BCUT2D eigenvalue weighted by Gasteiger charge is 2.31. The number of ether oxygens (including phenoxy) is 1. The molecule has 0 fully saturated rings. The fourth-order valence-corrected chi connectivity index (χ4v) is 1.97. The first-order valence-electron chi connectivity index (χ1n) is 6.14. The Morgan fingerprint density at radius 1 is 1.14 bits per heavy atom. The molecule has 1 unspecified atom stereocenters. The fraction of sp³-hybridized carbons (Fsp3) is 0.286. The number of nitrogens with two attached hydrogens (primary N) is 1. The third-order valence-corrected chi connectivity index (χ3v) is 3.12. The average Bonchev–Trinajstić information content (AvgIpc) is 2.45. The van der Waals surface area contributed by atoms with Crippen molar-refractivity contribution in [1.82, 2.24) is 10.2 Å². The van der Waals surface area contributed by atoms with Crippen LogP contribution >= 0.6 is 0 Å². The van der Waals surface area contributed by atoms with Gasteiger partial charge in [-0.25, -0.2) is 0 Å². The Morgan fingerprint density at radius 2 is 1.86 bits per heavy atom. The summed E-state index contributed by atoms with van der Waals surface area (Å²) in [6, 6.07) is 6.04. The zero-order valence-electron chi connectivity index (χ0n) is 11.5. The highest BCUT2D eigenvalue weighted by molar-refractivity contribution is 5.38. The van der Waals surface area contributed by atoms with Crippen LogP contribution in [-0.4, -0.2) is 17.3 Å². The van der Waals surface area contributed by atoms with E-state index >= 15 is 0 Å². The standard InChI is InChI=1S/C14H14F3N3O/c1-8-7-9(14(15,16)17)3-4-10(8)13(18)11-5-6-12(21-2)20-19-11/h3-7,13H,18H2,1-2H3. The van der Waals surface area contributed by atoms with Crippen LogP contribution in [0.15, 0.2) is 30.3 Å². The lowest BCUT2D eigenvalue weighted by atomic mass is 9.97. The molecule has 0 saturated carbocycles. The number of hydrogen-bond acceptors (Lipinski definition) is 4. The van der Waals surface area contributed by atoms with Crippen molar-refractivity contribution in [3.05, 3.63) is 52.7 Å². The number of nitrogens with zero attached hydrogens (tertiary/aromatic N) is 2. The van der Waals surface area contributed by atoms with Crippen molar-refractivity contribution in [2.45, 2.75) is 19.1 Å². The van der Waals surface area contributed by atoms with Crippen molar-refractivity contribution in [3.8, 4) is 5.88 Å². The van der Waals surface area contributed by atoms with Crippen LogP contribution in [0.4, 0.5) is 13.2 Å². The lowest BCUT2D eigenvalue weighted by Gasteiger charge is -2.16. The Labute approximate surface area is 119 Å². The summed E-state index contributed by atoms with van der Waals surface area (Å²) >= 11 is 0. The minimum Gasteiger partial charge on any atom is -0.480 e. The van der Waals surface area contributed by atoms with E-state index in [0.29, 0.717) is 22.7 Å². The van der Waals surface area contributed by atoms with Crippen LogP contribution in [0.3, 0.4) is 0 Å². The van der Waals surface area contributed by atoms with E-state index in [-0.39, 0.29) is 0 Å². The molecule has 0 aliphatic carbocycles. The first-order chi connectivity index (χ1) is 9.82. The highest BCUT2D eigenvalue weighted by atomic mass is 19.4. The Kier molecular flexibility index (Phi) is 4.13. The number of aryl methyl sites for hydroxylation is 1. The molecule has 7 heteroatoms. The molecule has 2 N–H and O–H groups in total. The quantitative estimate of drug-likeness (QED) is 0.946. The molecule has 2 rings (SSSR count). The van der Waals surface area contributed by atoms with Crippen molar-refractivity contribution in [2.24, 2.45) is 5.73 Å². The van der Waals surface area contributed by atoms with E-state index in [1.165, 1.54) is 13.2 Å². The molecule has 1 atom stereocenters. The van der Waals surface area contributed by atoms with Crippen molar-refractivity contribution in [3.63, 3.8) is 0 Å². The maximum Gasteiger partial charge on any atom is 0.416 e. The Balaban J connectivity index is 2.32. The molecule has 112 valence electrons. The number of rotatable bonds is 3. The third-order valence-electron chi connectivity index (χ3n) is 3.12. The molecule has 21 heavy (non-hydrogen) atoms. The molecular weight excluding hydrogens is 283 g/mol. The summed E-state index contributed by atoms with van der Waals surface area (Å²) in [5.74, 6) is 0.343. The van der Waals surface area contributed by atoms with E-state index in [2.05, 4.69) is 10.2 Å². The van der Waals surface area contributed by atoms with Gasteiger partial charge in [0.25, 0.3) is 0 Å². The SMILES string of the molecule is COc1ccc(C(N)c2ccc(C(F)(F)F)cc2C)nn1. The van der Waals surface area contributed by atoms with Crippen molar-refractivity contribution in [2.75, 3.05) is 7.11 Å². The minimum atomic E-state index is -4.37. The van der Waals surface area contributed by atoms with Crippen LogP contribution in [-0.2, 0) is 6.18 Å². The average molecular weight is 297 g/mol. The predicted molar refractivity (Wildman–Crippen MR) is 70.8 cm³/mol. The summed E-state index contributed by atoms with van der Waals surface area (Å²) in [6.45, 7) is 1.58. The van der Waals surface area contributed by atoms with Crippen LogP contribution in [0.25, 0.3) is 0 Å². The molecule has 2 aromatic rings. The van der Waals surface area contributed by atoms with E-state index in [9.17, 15) is 13.2 Å². The molecule has 0 saturated heterocycles. The number of methoxy groups -OCH3 is 1. The second-order valence-corrected chi connectivity index (χ2v) is 4.55.